The van der Waals surface area contributed by atoms with Crippen molar-refractivity contribution in [2.75, 3.05) is 0 Å². The van der Waals surface area contributed by atoms with E-state index in [1.807, 2.05) is 13.0 Å². The van der Waals surface area contributed by atoms with E-state index in [0.29, 0.717) is 0 Å². The maximum atomic E-state index is 11.6. The van der Waals surface area contributed by atoms with E-state index < -0.39 is 0 Å². The third-order valence-electron chi connectivity index (χ3n) is 2.44. The first-order valence-electron chi connectivity index (χ1n) is 5.68. The van der Waals surface area contributed by atoms with Crippen LogP contribution in [-0.4, -0.2) is 11.6 Å². The Morgan fingerprint density at radius 1 is 1.44 bits per heavy atom. The van der Waals surface area contributed by atoms with Crippen LogP contribution in [0, 0.1) is 0 Å². The molecule has 1 N–H and O–H groups in total. The van der Waals surface area contributed by atoms with Crippen molar-refractivity contribution in [3.05, 3.63) is 46.0 Å². The molecule has 18 heavy (non-hydrogen) atoms. The highest BCUT2D eigenvalue weighted by Crippen LogP contribution is 2.17. The highest BCUT2D eigenvalue weighted by Gasteiger charge is 2.07. The molecular weight excluding hydrogens is 248 g/mol. The Kier molecular flexibility index (Phi) is 3.94. The van der Waals surface area contributed by atoms with Gasteiger partial charge in [0.25, 0.3) is 0 Å². The summed E-state index contributed by atoms with van der Waals surface area (Å²) in [5.74, 6) is -0.0846. The smallest absolute Gasteiger partial charge is 0.307 e. The number of nitrogens with one attached hydrogen (secondary N) is 1. The summed E-state index contributed by atoms with van der Waals surface area (Å²) in [6, 6.07) is 7.35. The van der Waals surface area contributed by atoms with Crippen LogP contribution in [0.3, 0.4) is 0 Å². The predicted octanol–water partition coefficient (Wildman–Crippen LogP) is 3.06. The summed E-state index contributed by atoms with van der Waals surface area (Å²) in [5, 5.41) is 4.07. The lowest BCUT2D eigenvalue weighted by Crippen LogP contribution is -2.18. The van der Waals surface area contributed by atoms with E-state index in [0.717, 1.165) is 17.0 Å². The molecule has 2 aromatic heterocycles. The number of hydrazone groups is 1. The van der Waals surface area contributed by atoms with Crippen LogP contribution in [0.25, 0.3) is 0 Å². The summed E-state index contributed by atoms with van der Waals surface area (Å²) >= 11 is 1.68. The van der Waals surface area contributed by atoms with Crippen LogP contribution < -0.4 is 5.43 Å². The first kappa shape index (κ1) is 12.6. The van der Waals surface area contributed by atoms with Crippen molar-refractivity contribution in [3.63, 3.8) is 0 Å². The molecule has 0 aliphatic carbocycles. The van der Waals surface area contributed by atoms with Gasteiger partial charge in [0.1, 0.15) is 0 Å². The molecule has 5 heteroatoms. The largest absolute Gasteiger partial charge is 0.459 e. The summed E-state index contributed by atoms with van der Waals surface area (Å²) < 4.78 is 4.98. The van der Waals surface area contributed by atoms with E-state index in [1.165, 1.54) is 11.1 Å². The van der Waals surface area contributed by atoms with Gasteiger partial charge in [-0.2, -0.15) is 5.10 Å². The van der Waals surface area contributed by atoms with Crippen molar-refractivity contribution in [3.8, 4) is 0 Å². The lowest BCUT2D eigenvalue weighted by Gasteiger charge is -1.98. The van der Waals surface area contributed by atoms with Crippen molar-refractivity contribution in [2.24, 2.45) is 5.10 Å². The van der Waals surface area contributed by atoms with Crippen molar-refractivity contribution < 1.29 is 9.21 Å². The fourth-order valence-corrected chi connectivity index (χ4v) is 2.31. The number of aryl methyl sites for hydroxylation is 1. The average molecular weight is 262 g/mol. The molecule has 4 nitrogen and oxygen atoms in total. The first-order valence-corrected chi connectivity index (χ1v) is 6.49. The van der Waals surface area contributed by atoms with Crippen LogP contribution in [0.15, 0.2) is 40.0 Å². The molecule has 1 amide bonds. The van der Waals surface area contributed by atoms with E-state index in [1.54, 1.807) is 23.5 Å². The van der Waals surface area contributed by atoms with E-state index in [4.69, 9.17) is 4.42 Å². The van der Waals surface area contributed by atoms with Crippen molar-refractivity contribution in [1.82, 2.24) is 5.43 Å². The lowest BCUT2D eigenvalue weighted by atomic mass is 10.3. The predicted molar refractivity (Wildman–Crippen MR) is 72.1 cm³/mol. The van der Waals surface area contributed by atoms with E-state index in [9.17, 15) is 4.79 Å². The van der Waals surface area contributed by atoms with Gasteiger partial charge >= 0.3 is 5.91 Å². The summed E-state index contributed by atoms with van der Waals surface area (Å²) in [6.07, 6.45) is 2.47. The number of thiophene rings is 1. The molecular formula is C13H14N2O2S. The molecule has 2 heterocycles. The van der Waals surface area contributed by atoms with Gasteiger partial charge in [0, 0.05) is 4.88 Å². The summed E-state index contributed by atoms with van der Waals surface area (Å²) in [7, 11) is 0. The summed E-state index contributed by atoms with van der Waals surface area (Å²) in [4.78, 5) is 14.0. The van der Waals surface area contributed by atoms with Gasteiger partial charge in [-0.15, -0.1) is 11.3 Å². The number of rotatable bonds is 4. The van der Waals surface area contributed by atoms with E-state index >= 15 is 0 Å². The minimum atomic E-state index is -0.341. The third-order valence-corrected chi connectivity index (χ3v) is 3.78. The molecule has 0 saturated heterocycles. The quantitative estimate of drug-likeness (QED) is 0.680. The number of hydrogen-bond acceptors (Lipinski definition) is 4. The standard InChI is InChI=1S/C13H14N2O2S/c1-3-10-6-7-12(18-10)9(2)14-15-13(16)11-5-4-8-17-11/h4-8H,3H2,1-2H3,(H,15,16)/b14-9-. The number of nitrogens with zero attached hydrogens (tertiary/aromatic N) is 1. The van der Waals surface area contributed by atoms with Crippen LogP contribution in [0.5, 0.6) is 0 Å². The van der Waals surface area contributed by atoms with Gasteiger partial charge in [-0.3, -0.25) is 4.79 Å². The molecule has 0 unspecified atom stereocenters. The van der Waals surface area contributed by atoms with Gasteiger partial charge in [-0.05, 0) is 37.6 Å². The number of hydrogen-bond donors (Lipinski definition) is 1. The number of carbonyl (C=O) groups excluding carboxylic acids is 1. The minimum absolute atomic E-state index is 0.256. The minimum Gasteiger partial charge on any atom is -0.459 e. The molecule has 0 radical (unpaired) electrons. The first-order chi connectivity index (χ1) is 8.70. The van der Waals surface area contributed by atoms with Crippen LogP contribution in [-0.2, 0) is 6.42 Å². The lowest BCUT2D eigenvalue weighted by molar-refractivity contribution is 0.0927. The van der Waals surface area contributed by atoms with Gasteiger partial charge < -0.3 is 4.42 Å². The molecule has 2 rings (SSSR count). The highest BCUT2D eigenvalue weighted by atomic mass is 32.1. The summed E-state index contributed by atoms with van der Waals surface area (Å²) in [6.45, 7) is 3.98. The number of carbonyl (C=O) groups is 1. The molecule has 0 atom stereocenters. The van der Waals surface area contributed by atoms with Crippen LogP contribution in [0.2, 0.25) is 0 Å². The Morgan fingerprint density at radius 3 is 2.89 bits per heavy atom. The van der Waals surface area contributed by atoms with Crippen LogP contribution in [0.4, 0.5) is 0 Å². The second-order valence-corrected chi connectivity index (χ2v) is 4.90. The topological polar surface area (TPSA) is 54.6 Å². The van der Waals surface area contributed by atoms with E-state index in [2.05, 4.69) is 23.5 Å². The number of furan rings is 1. The van der Waals surface area contributed by atoms with Crippen molar-refractivity contribution in [1.29, 1.82) is 0 Å². The second-order valence-electron chi connectivity index (χ2n) is 3.73. The van der Waals surface area contributed by atoms with Crippen molar-refractivity contribution >= 4 is 23.0 Å². The second kappa shape index (κ2) is 5.64. The molecule has 0 aromatic carbocycles. The maximum absolute atomic E-state index is 11.6. The Hall–Kier alpha value is -1.88. The monoisotopic (exact) mass is 262 g/mol. The zero-order valence-corrected chi connectivity index (χ0v) is 11.1. The third kappa shape index (κ3) is 2.87. The molecule has 0 aliphatic heterocycles. The Balaban J connectivity index is 2.03. The van der Waals surface area contributed by atoms with Gasteiger partial charge in [-0.25, -0.2) is 5.43 Å². The Labute approximate surface area is 109 Å². The van der Waals surface area contributed by atoms with Crippen molar-refractivity contribution in [2.45, 2.75) is 20.3 Å². The molecule has 0 aliphatic rings. The van der Waals surface area contributed by atoms with Gasteiger partial charge in [-0.1, -0.05) is 6.92 Å². The fourth-order valence-electron chi connectivity index (χ4n) is 1.41. The SMILES string of the molecule is CCc1ccc(/C(C)=N\NC(=O)c2ccco2)s1. The molecule has 0 fully saturated rings. The van der Waals surface area contributed by atoms with Crippen LogP contribution >= 0.6 is 11.3 Å². The zero-order valence-electron chi connectivity index (χ0n) is 10.3. The summed E-state index contributed by atoms with van der Waals surface area (Å²) in [5.41, 5.74) is 3.26. The normalized spacial score (nSPS) is 11.6. The number of amides is 1. The Morgan fingerprint density at radius 2 is 2.28 bits per heavy atom. The van der Waals surface area contributed by atoms with Gasteiger partial charge in [0.15, 0.2) is 5.76 Å². The fraction of sp³-hybridized carbons (Fsp3) is 0.231. The van der Waals surface area contributed by atoms with Gasteiger partial charge in [0.2, 0.25) is 0 Å². The Bertz CT molecular complexity index is 555. The molecule has 0 spiro atoms. The molecule has 2 aromatic rings. The average Bonchev–Trinajstić information content (AvgIpc) is 3.05. The van der Waals surface area contributed by atoms with Gasteiger partial charge in [0.05, 0.1) is 16.9 Å². The van der Waals surface area contributed by atoms with E-state index in [-0.39, 0.29) is 11.7 Å². The molecule has 0 saturated carbocycles. The van der Waals surface area contributed by atoms with Crippen LogP contribution in [0.1, 0.15) is 34.2 Å². The highest BCUT2D eigenvalue weighted by molar-refractivity contribution is 7.14. The molecule has 94 valence electrons. The maximum Gasteiger partial charge on any atom is 0.307 e. The zero-order chi connectivity index (χ0) is 13.0. The molecule has 0 bridgehead atoms.